The molecule has 0 spiro atoms. The van der Waals surface area contributed by atoms with Crippen LogP contribution in [-0.2, 0) is 11.3 Å². The molecule has 1 fully saturated rings. The minimum Gasteiger partial charge on any atom is -0.378 e. The van der Waals surface area contributed by atoms with E-state index in [1.54, 1.807) is 12.3 Å². The summed E-state index contributed by atoms with van der Waals surface area (Å²) in [5, 5.41) is 2.99. The molecule has 1 amide bonds. The average Bonchev–Trinajstić information content (AvgIpc) is 2.39. The van der Waals surface area contributed by atoms with Gasteiger partial charge in [-0.3, -0.25) is 9.78 Å². The maximum absolute atomic E-state index is 12.0. The number of hydrogen-bond donors (Lipinski definition) is 2. The molecule has 0 aliphatic carbocycles. The van der Waals surface area contributed by atoms with Gasteiger partial charge in [0.15, 0.2) is 0 Å². The van der Waals surface area contributed by atoms with Gasteiger partial charge < -0.3 is 15.8 Å². The minimum atomic E-state index is -0.127. The number of ether oxygens (including phenoxy) is 1. The van der Waals surface area contributed by atoms with Gasteiger partial charge in [0.1, 0.15) is 5.69 Å². The van der Waals surface area contributed by atoms with E-state index in [2.05, 4.69) is 10.3 Å². The van der Waals surface area contributed by atoms with Crippen LogP contribution >= 0.6 is 0 Å². The molecule has 2 unspecified atom stereocenters. The van der Waals surface area contributed by atoms with Gasteiger partial charge in [-0.15, -0.1) is 0 Å². The molecule has 5 heteroatoms. The van der Waals surface area contributed by atoms with E-state index in [1.807, 2.05) is 13.0 Å². The van der Waals surface area contributed by atoms with Gasteiger partial charge in [-0.05, 0) is 31.4 Å². The van der Waals surface area contributed by atoms with Crippen LogP contribution in [0.3, 0.4) is 0 Å². The van der Waals surface area contributed by atoms with Crippen molar-refractivity contribution in [2.24, 2.45) is 5.73 Å². The Bertz CT molecular complexity index is 405. The molecule has 1 aromatic rings. The summed E-state index contributed by atoms with van der Waals surface area (Å²) < 4.78 is 5.44. The molecular formula is C13H19N3O2. The lowest BCUT2D eigenvalue weighted by Crippen LogP contribution is -2.41. The van der Waals surface area contributed by atoms with Crippen LogP contribution in [0.25, 0.3) is 0 Å². The lowest BCUT2D eigenvalue weighted by molar-refractivity contribution is 0.0136. The largest absolute Gasteiger partial charge is 0.378 e. The molecule has 98 valence electrons. The number of hydrogen-bond acceptors (Lipinski definition) is 4. The Balaban J connectivity index is 1.94. The van der Waals surface area contributed by atoms with Gasteiger partial charge in [0, 0.05) is 25.4 Å². The third kappa shape index (κ3) is 3.27. The topological polar surface area (TPSA) is 77.2 Å². The van der Waals surface area contributed by atoms with Crippen LogP contribution in [0.2, 0.25) is 0 Å². The van der Waals surface area contributed by atoms with Crippen molar-refractivity contribution in [3.05, 3.63) is 29.6 Å². The Hall–Kier alpha value is -1.46. The van der Waals surface area contributed by atoms with Crippen molar-refractivity contribution in [2.75, 3.05) is 6.61 Å². The number of nitrogens with one attached hydrogen (secondary N) is 1. The summed E-state index contributed by atoms with van der Waals surface area (Å²) in [6, 6.07) is 3.71. The summed E-state index contributed by atoms with van der Waals surface area (Å²) in [6.07, 6.45) is 3.56. The molecule has 0 radical (unpaired) electrons. The summed E-state index contributed by atoms with van der Waals surface area (Å²) >= 11 is 0. The fraction of sp³-hybridized carbons (Fsp3) is 0.538. The van der Waals surface area contributed by atoms with E-state index in [0.29, 0.717) is 18.8 Å². The van der Waals surface area contributed by atoms with Gasteiger partial charge in [0.05, 0.1) is 6.10 Å². The molecule has 1 aromatic heterocycles. The molecule has 2 heterocycles. The van der Waals surface area contributed by atoms with Crippen molar-refractivity contribution >= 4 is 5.91 Å². The molecule has 0 saturated carbocycles. The van der Waals surface area contributed by atoms with Crippen LogP contribution in [0.15, 0.2) is 18.3 Å². The van der Waals surface area contributed by atoms with Gasteiger partial charge in [-0.1, -0.05) is 6.07 Å². The van der Waals surface area contributed by atoms with Gasteiger partial charge in [-0.2, -0.15) is 0 Å². The van der Waals surface area contributed by atoms with Crippen LogP contribution in [0, 0.1) is 0 Å². The number of carbonyl (C=O) groups is 1. The summed E-state index contributed by atoms with van der Waals surface area (Å²) in [5.41, 5.74) is 6.85. The number of amides is 1. The first-order valence-electron chi connectivity index (χ1n) is 6.26. The van der Waals surface area contributed by atoms with Crippen molar-refractivity contribution in [3.8, 4) is 0 Å². The highest BCUT2D eigenvalue weighted by molar-refractivity contribution is 5.92. The number of rotatable bonds is 3. The van der Waals surface area contributed by atoms with Crippen LogP contribution in [0.1, 0.15) is 35.8 Å². The Kier molecular flexibility index (Phi) is 4.28. The first-order valence-corrected chi connectivity index (χ1v) is 6.26. The van der Waals surface area contributed by atoms with Crippen molar-refractivity contribution < 1.29 is 9.53 Å². The van der Waals surface area contributed by atoms with Crippen LogP contribution in [0.4, 0.5) is 0 Å². The predicted octanol–water partition coefficient (Wildman–Crippen LogP) is 0.838. The van der Waals surface area contributed by atoms with Gasteiger partial charge in [0.25, 0.3) is 5.91 Å². The molecule has 1 aliphatic rings. The fourth-order valence-electron chi connectivity index (χ4n) is 2.07. The van der Waals surface area contributed by atoms with Crippen LogP contribution < -0.4 is 11.1 Å². The van der Waals surface area contributed by atoms with E-state index in [4.69, 9.17) is 10.5 Å². The highest BCUT2D eigenvalue weighted by Crippen LogP contribution is 2.13. The lowest BCUT2D eigenvalue weighted by Gasteiger charge is -2.27. The molecule has 1 aliphatic heterocycles. The first-order chi connectivity index (χ1) is 8.69. The number of aromatic nitrogens is 1. The zero-order valence-electron chi connectivity index (χ0n) is 10.6. The maximum atomic E-state index is 12.0. The third-order valence-electron chi connectivity index (χ3n) is 3.11. The summed E-state index contributed by atoms with van der Waals surface area (Å²) in [7, 11) is 0. The summed E-state index contributed by atoms with van der Waals surface area (Å²) in [6.45, 7) is 3.16. The molecule has 5 nitrogen and oxygen atoms in total. The van der Waals surface area contributed by atoms with Crippen molar-refractivity contribution in [1.82, 2.24) is 10.3 Å². The van der Waals surface area contributed by atoms with Crippen molar-refractivity contribution in [2.45, 2.75) is 38.5 Å². The summed E-state index contributed by atoms with van der Waals surface area (Å²) in [5.74, 6) is -0.127. The SMILES string of the molecule is CC1CC(NC(=O)c2ccc(CN)cn2)CCO1. The zero-order chi connectivity index (χ0) is 13.0. The fourth-order valence-corrected chi connectivity index (χ4v) is 2.07. The van der Waals surface area contributed by atoms with Crippen molar-refractivity contribution in [1.29, 1.82) is 0 Å². The second-order valence-corrected chi connectivity index (χ2v) is 4.63. The maximum Gasteiger partial charge on any atom is 0.270 e. The Morgan fingerprint density at radius 3 is 3.06 bits per heavy atom. The standard InChI is InChI=1S/C13H19N3O2/c1-9-6-11(4-5-18-9)16-13(17)12-3-2-10(7-14)8-15-12/h2-3,8-9,11H,4-7,14H2,1H3,(H,16,17). The van der Waals surface area contributed by atoms with Gasteiger partial charge in [0.2, 0.25) is 0 Å². The zero-order valence-corrected chi connectivity index (χ0v) is 10.6. The molecule has 0 aromatic carbocycles. The molecular weight excluding hydrogens is 230 g/mol. The van der Waals surface area contributed by atoms with E-state index in [-0.39, 0.29) is 18.1 Å². The molecule has 18 heavy (non-hydrogen) atoms. The van der Waals surface area contributed by atoms with Crippen molar-refractivity contribution in [3.63, 3.8) is 0 Å². The molecule has 2 atom stereocenters. The predicted molar refractivity (Wildman–Crippen MR) is 68.0 cm³/mol. The second kappa shape index (κ2) is 5.93. The normalized spacial score (nSPS) is 23.7. The van der Waals surface area contributed by atoms with E-state index < -0.39 is 0 Å². The van der Waals surface area contributed by atoms with E-state index in [0.717, 1.165) is 18.4 Å². The molecule has 2 rings (SSSR count). The van der Waals surface area contributed by atoms with Gasteiger partial charge in [-0.25, -0.2) is 0 Å². The smallest absolute Gasteiger partial charge is 0.270 e. The monoisotopic (exact) mass is 249 g/mol. The quantitative estimate of drug-likeness (QED) is 0.832. The number of carbonyl (C=O) groups excluding carboxylic acids is 1. The van der Waals surface area contributed by atoms with Crippen LogP contribution in [-0.4, -0.2) is 29.6 Å². The van der Waals surface area contributed by atoms with E-state index >= 15 is 0 Å². The first kappa shape index (κ1) is 13.0. The summed E-state index contributed by atoms with van der Waals surface area (Å²) in [4.78, 5) is 16.1. The van der Waals surface area contributed by atoms with E-state index in [1.165, 1.54) is 0 Å². The molecule has 3 N–H and O–H groups in total. The third-order valence-corrected chi connectivity index (χ3v) is 3.11. The highest BCUT2D eigenvalue weighted by Gasteiger charge is 2.21. The number of nitrogens with zero attached hydrogens (tertiary/aromatic N) is 1. The van der Waals surface area contributed by atoms with Gasteiger partial charge >= 0.3 is 0 Å². The number of pyridine rings is 1. The Morgan fingerprint density at radius 1 is 1.61 bits per heavy atom. The Labute approximate surface area is 107 Å². The second-order valence-electron chi connectivity index (χ2n) is 4.63. The minimum absolute atomic E-state index is 0.127. The lowest BCUT2D eigenvalue weighted by atomic mass is 10.0. The van der Waals surface area contributed by atoms with Crippen LogP contribution in [0.5, 0.6) is 0 Å². The Morgan fingerprint density at radius 2 is 2.44 bits per heavy atom. The molecule has 0 bridgehead atoms. The number of nitrogens with two attached hydrogens (primary N) is 1. The highest BCUT2D eigenvalue weighted by atomic mass is 16.5. The van der Waals surface area contributed by atoms with E-state index in [9.17, 15) is 4.79 Å². The average molecular weight is 249 g/mol. The molecule has 1 saturated heterocycles.